The van der Waals surface area contributed by atoms with Crippen molar-refractivity contribution in [3.8, 4) is 17.2 Å². The largest absolute Gasteiger partial charge is 0.508 e. The van der Waals surface area contributed by atoms with Crippen molar-refractivity contribution in [1.29, 1.82) is 0 Å². The van der Waals surface area contributed by atoms with E-state index in [1.165, 1.54) is 12.1 Å². The Morgan fingerprint density at radius 1 is 0.967 bits per heavy atom. The van der Waals surface area contributed by atoms with Gasteiger partial charge in [-0.15, -0.1) is 0 Å². The molecule has 0 saturated carbocycles. The van der Waals surface area contributed by atoms with Gasteiger partial charge < -0.3 is 34.4 Å². The molecule has 0 bridgehead atoms. The summed E-state index contributed by atoms with van der Waals surface area (Å²) >= 11 is 0. The lowest BCUT2D eigenvalue weighted by molar-refractivity contribution is -0.143. The summed E-state index contributed by atoms with van der Waals surface area (Å²) in [7, 11) is -1.14. The number of ether oxygens (including phenoxy) is 1. The molecule has 0 unspecified atom stereocenters. The lowest BCUT2D eigenvalue weighted by atomic mass is 10.0. The first-order chi connectivity index (χ1) is 14.2. The molecule has 0 fully saturated rings. The zero-order valence-electron chi connectivity index (χ0n) is 16.4. The highest BCUT2D eigenvalue weighted by molar-refractivity contribution is 7.54. The highest BCUT2D eigenvalue weighted by Gasteiger charge is 2.48. The highest BCUT2D eigenvalue weighted by atomic mass is 31.2. The number of hydrogen-bond acceptors (Lipinski definition) is 9. The SMILES string of the molecule is COC(=O)[C@H](NC(=O)c1ccccc1)[C@@H](c1c(O)cc(O)cc1O)P(=O)(OC)OC. The third kappa shape index (κ3) is 4.73. The van der Waals surface area contributed by atoms with Crippen molar-refractivity contribution in [2.24, 2.45) is 0 Å². The molecule has 11 heteroatoms. The number of carbonyl (C=O) groups is 2. The van der Waals surface area contributed by atoms with E-state index in [4.69, 9.17) is 13.8 Å². The van der Waals surface area contributed by atoms with Crippen molar-refractivity contribution in [2.45, 2.75) is 11.7 Å². The van der Waals surface area contributed by atoms with E-state index in [0.29, 0.717) is 0 Å². The fraction of sp³-hybridized carbons (Fsp3) is 0.263. The Balaban J connectivity index is 2.67. The summed E-state index contributed by atoms with van der Waals surface area (Å²) < 4.78 is 28.1. The molecule has 2 atom stereocenters. The summed E-state index contributed by atoms with van der Waals surface area (Å²) in [6, 6.07) is 7.90. The van der Waals surface area contributed by atoms with Crippen LogP contribution in [-0.2, 0) is 23.1 Å². The fourth-order valence-electron chi connectivity index (χ4n) is 2.93. The lowest BCUT2D eigenvalue weighted by Crippen LogP contribution is -2.45. The van der Waals surface area contributed by atoms with Crippen LogP contribution in [0.2, 0.25) is 0 Å². The molecule has 1 amide bonds. The first-order valence-electron chi connectivity index (χ1n) is 8.58. The van der Waals surface area contributed by atoms with Crippen molar-refractivity contribution in [2.75, 3.05) is 21.3 Å². The molecule has 2 rings (SSSR count). The van der Waals surface area contributed by atoms with Gasteiger partial charge in [-0.05, 0) is 12.1 Å². The van der Waals surface area contributed by atoms with Crippen LogP contribution < -0.4 is 5.32 Å². The average molecular weight is 439 g/mol. The van der Waals surface area contributed by atoms with Gasteiger partial charge in [-0.25, -0.2) is 4.79 Å². The van der Waals surface area contributed by atoms with E-state index in [9.17, 15) is 29.5 Å². The summed E-state index contributed by atoms with van der Waals surface area (Å²) in [4.78, 5) is 25.3. The van der Waals surface area contributed by atoms with Crippen LogP contribution in [-0.4, -0.2) is 54.6 Å². The smallest absolute Gasteiger partial charge is 0.340 e. The molecule has 0 aromatic heterocycles. The Morgan fingerprint density at radius 2 is 1.50 bits per heavy atom. The maximum atomic E-state index is 13.3. The van der Waals surface area contributed by atoms with E-state index >= 15 is 0 Å². The molecule has 162 valence electrons. The summed E-state index contributed by atoms with van der Waals surface area (Å²) in [6.07, 6.45) is 0. The third-order valence-electron chi connectivity index (χ3n) is 4.36. The van der Waals surface area contributed by atoms with E-state index in [0.717, 1.165) is 33.5 Å². The number of carbonyl (C=O) groups excluding carboxylic acids is 2. The highest BCUT2D eigenvalue weighted by Crippen LogP contribution is 2.64. The van der Waals surface area contributed by atoms with Crippen LogP contribution in [0.4, 0.5) is 0 Å². The van der Waals surface area contributed by atoms with Crippen LogP contribution >= 0.6 is 7.60 Å². The van der Waals surface area contributed by atoms with Gasteiger partial charge in [0.05, 0.1) is 12.7 Å². The van der Waals surface area contributed by atoms with Crippen molar-refractivity contribution in [3.05, 3.63) is 53.6 Å². The number of hydrogen-bond donors (Lipinski definition) is 4. The topological polar surface area (TPSA) is 152 Å². The summed E-state index contributed by atoms with van der Waals surface area (Å²) in [5.41, 5.74) is -1.97. The summed E-state index contributed by atoms with van der Waals surface area (Å²) in [5, 5.41) is 32.7. The Labute approximate surface area is 172 Å². The van der Waals surface area contributed by atoms with Gasteiger partial charge >= 0.3 is 13.6 Å². The molecule has 0 heterocycles. The number of methoxy groups -OCH3 is 1. The van der Waals surface area contributed by atoms with Crippen LogP contribution in [0.5, 0.6) is 17.2 Å². The van der Waals surface area contributed by atoms with Crippen LogP contribution in [0.25, 0.3) is 0 Å². The van der Waals surface area contributed by atoms with E-state index in [1.54, 1.807) is 18.2 Å². The summed E-state index contributed by atoms with van der Waals surface area (Å²) in [6.45, 7) is 0. The lowest BCUT2D eigenvalue weighted by Gasteiger charge is -2.31. The van der Waals surface area contributed by atoms with Gasteiger partial charge in [0.1, 0.15) is 28.9 Å². The first-order valence-corrected chi connectivity index (χ1v) is 10.2. The Bertz CT molecular complexity index is 933. The number of phenols is 3. The molecule has 0 radical (unpaired) electrons. The van der Waals surface area contributed by atoms with Gasteiger partial charge in [0.2, 0.25) is 0 Å². The van der Waals surface area contributed by atoms with Crippen molar-refractivity contribution >= 4 is 19.5 Å². The maximum Gasteiger partial charge on any atom is 0.340 e. The average Bonchev–Trinajstić information content (AvgIpc) is 2.74. The van der Waals surface area contributed by atoms with Crippen LogP contribution in [0.3, 0.4) is 0 Å². The third-order valence-corrected chi connectivity index (χ3v) is 6.62. The fourth-order valence-corrected chi connectivity index (χ4v) is 4.67. The van der Waals surface area contributed by atoms with Gasteiger partial charge in [-0.1, -0.05) is 18.2 Å². The minimum absolute atomic E-state index is 0.189. The molecular weight excluding hydrogens is 417 g/mol. The first kappa shape index (κ1) is 23.2. The molecule has 10 nitrogen and oxygen atoms in total. The number of amides is 1. The second-order valence-corrected chi connectivity index (χ2v) is 8.45. The van der Waals surface area contributed by atoms with E-state index in [1.807, 2.05) is 0 Å². The van der Waals surface area contributed by atoms with Crippen LogP contribution in [0, 0.1) is 0 Å². The predicted molar refractivity (Wildman–Crippen MR) is 106 cm³/mol. The Hall–Kier alpha value is -3.07. The van der Waals surface area contributed by atoms with Crippen molar-refractivity contribution < 1.29 is 43.3 Å². The normalized spacial score (nSPS) is 13.3. The molecule has 0 aliphatic heterocycles. The second-order valence-electron chi connectivity index (χ2n) is 6.09. The standard InChI is InChI=1S/C19H22NO9P/c1-27-19(25)16(20-18(24)11-7-5-4-6-8-11)17(30(26,28-2)29-3)15-13(22)9-12(21)10-14(15)23/h4-10,16-17,21-23H,1-3H3,(H,20,24)/t16-,17-/m1/s1. The van der Waals surface area contributed by atoms with Gasteiger partial charge in [-0.2, -0.15) is 0 Å². The molecular formula is C19H22NO9P. The van der Waals surface area contributed by atoms with Gasteiger partial charge in [-0.3, -0.25) is 9.36 Å². The van der Waals surface area contributed by atoms with E-state index in [2.05, 4.69) is 5.32 Å². The zero-order valence-corrected chi connectivity index (χ0v) is 17.3. The monoisotopic (exact) mass is 439 g/mol. The Kier molecular flexibility index (Phi) is 7.44. The molecule has 2 aromatic rings. The number of esters is 1. The van der Waals surface area contributed by atoms with Crippen molar-refractivity contribution in [1.82, 2.24) is 5.32 Å². The minimum Gasteiger partial charge on any atom is -0.508 e. The molecule has 0 aliphatic carbocycles. The maximum absolute atomic E-state index is 13.3. The molecule has 30 heavy (non-hydrogen) atoms. The number of phenolic OH excluding ortho intramolecular Hbond substituents is 3. The Morgan fingerprint density at radius 3 is 1.97 bits per heavy atom. The van der Waals surface area contributed by atoms with Gasteiger partial charge in [0.25, 0.3) is 5.91 Å². The van der Waals surface area contributed by atoms with Crippen LogP contribution in [0.1, 0.15) is 21.6 Å². The van der Waals surface area contributed by atoms with Crippen LogP contribution in [0.15, 0.2) is 42.5 Å². The number of benzene rings is 2. The van der Waals surface area contributed by atoms with E-state index < -0.39 is 54.0 Å². The van der Waals surface area contributed by atoms with Crippen molar-refractivity contribution in [3.63, 3.8) is 0 Å². The second kappa shape index (κ2) is 9.62. The zero-order chi connectivity index (χ0) is 22.5. The summed E-state index contributed by atoms with van der Waals surface area (Å²) in [5.74, 6) is -3.64. The van der Waals surface area contributed by atoms with E-state index in [-0.39, 0.29) is 5.56 Å². The number of aromatic hydroxyl groups is 3. The molecule has 2 aromatic carbocycles. The molecule has 0 spiro atoms. The number of rotatable bonds is 8. The minimum atomic E-state index is -4.27. The predicted octanol–water partition coefficient (Wildman–Crippen LogP) is 2.30. The van der Waals surface area contributed by atoms with Gasteiger partial charge in [0, 0.05) is 31.9 Å². The molecule has 0 saturated heterocycles. The molecule has 0 aliphatic rings. The number of nitrogens with one attached hydrogen (secondary N) is 1. The quantitative estimate of drug-likeness (QED) is 0.359. The molecule has 4 N–H and O–H groups in total. The van der Waals surface area contributed by atoms with Gasteiger partial charge in [0.15, 0.2) is 0 Å².